The highest BCUT2D eigenvalue weighted by atomic mass is 16.5. The van der Waals surface area contributed by atoms with Gasteiger partial charge in [0, 0.05) is 12.8 Å². The summed E-state index contributed by atoms with van der Waals surface area (Å²) in [5.41, 5.74) is 0.593. The highest BCUT2D eigenvalue weighted by molar-refractivity contribution is 5.66. The normalized spacial score (nSPS) is 53.1. The van der Waals surface area contributed by atoms with Gasteiger partial charge in [-0.3, -0.25) is 4.79 Å². The Kier molecular flexibility index (Phi) is 5.76. The second kappa shape index (κ2) is 7.73. The Morgan fingerprint density at radius 3 is 2.06 bits per heavy atom. The lowest BCUT2D eigenvalue weighted by atomic mass is 9.31. The third-order valence-electron chi connectivity index (χ3n) is 13.8. The number of esters is 1. The maximum Gasteiger partial charge on any atom is 0.302 e. The van der Waals surface area contributed by atoms with Crippen molar-refractivity contribution in [1.29, 1.82) is 0 Å². The molecule has 10 atom stereocenters. The summed E-state index contributed by atoms with van der Waals surface area (Å²) in [6, 6.07) is 0. The molecule has 0 amide bonds. The second-order valence-electron chi connectivity index (χ2n) is 16.1. The Labute approximate surface area is 215 Å². The molecule has 5 saturated carbocycles. The molecule has 0 saturated heterocycles. The summed E-state index contributed by atoms with van der Waals surface area (Å²) >= 11 is 0. The Bertz CT molecular complexity index is 871. The van der Waals surface area contributed by atoms with E-state index in [0.717, 1.165) is 6.42 Å². The number of ether oxygens (including phenoxy) is 1. The van der Waals surface area contributed by atoms with Crippen molar-refractivity contribution in [3.05, 3.63) is 0 Å². The minimum Gasteiger partial charge on any atom is -0.462 e. The molecule has 10 unspecified atom stereocenters. The summed E-state index contributed by atoms with van der Waals surface area (Å²) in [6.45, 7) is 21.1. The third kappa shape index (κ3) is 3.41. The van der Waals surface area contributed by atoms with Crippen LogP contribution in [0.1, 0.15) is 127 Å². The maximum absolute atomic E-state index is 12.4. The Hall–Kier alpha value is -0.570. The lowest BCUT2D eigenvalue weighted by Gasteiger charge is -2.74. The molecule has 5 rings (SSSR count). The molecule has 5 aliphatic carbocycles. The maximum atomic E-state index is 12.4. The fraction of sp³-hybridized carbons (Fsp3) is 0.969. The summed E-state index contributed by atoms with van der Waals surface area (Å²) in [7, 11) is 0. The molecule has 0 aromatic rings. The van der Waals surface area contributed by atoms with Crippen molar-refractivity contribution in [2.45, 2.75) is 138 Å². The number of hydrogen-bond acceptors (Lipinski definition) is 3. The van der Waals surface area contributed by atoms with E-state index in [2.05, 4.69) is 41.5 Å². The first-order chi connectivity index (χ1) is 16.0. The first kappa shape index (κ1) is 26.1. The Morgan fingerprint density at radius 2 is 1.46 bits per heavy atom. The molecule has 3 nitrogen and oxygen atoms in total. The van der Waals surface area contributed by atoms with Crippen LogP contribution in [0.15, 0.2) is 0 Å². The predicted molar refractivity (Wildman–Crippen MR) is 142 cm³/mol. The number of aliphatic hydroxyl groups is 1. The standard InChI is InChI=1S/C32H54O3/c1-20(33)35-23-19-32(9)25(30(7)16-10-15-27(2,3)26(23)30)12-11-24-29(6)17-13-21(28(4,5)34)22(29)14-18-31(24,32)8/h21-26,34H,10-19H2,1-9H3. The minimum absolute atomic E-state index is 0.0304. The van der Waals surface area contributed by atoms with Gasteiger partial charge in [0.05, 0.1) is 5.60 Å². The van der Waals surface area contributed by atoms with Crippen molar-refractivity contribution < 1.29 is 14.6 Å². The Morgan fingerprint density at radius 1 is 0.829 bits per heavy atom. The van der Waals surface area contributed by atoms with Crippen LogP contribution < -0.4 is 0 Å². The molecular weight excluding hydrogens is 432 g/mol. The molecule has 200 valence electrons. The molecule has 5 fully saturated rings. The summed E-state index contributed by atoms with van der Waals surface area (Å²) in [4.78, 5) is 12.4. The highest BCUT2D eigenvalue weighted by Gasteiger charge is 2.72. The minimum atomic E-state index is -0.586. The summed E-state index contributed by atoms with van der Waals surface area (Å²) in [6.07, 6.45) is 12.5. The first-order valence-corrected chi connectivity index (χ1v) is 14.9. The highest BCUT2D eigenvalue weighted by Crippen LogP contribution is 2.78. The van der Waals surface area contributed by atoms with Gasteiger partial charge in [0.1, 0.15) is 6.10 Å². The van der Waals surface area contributed by atoms with E-state index in [-0.39, 0.29) is 33.7 Å². The number of carbonyl (C=O) groups excluding carboxylic acids is 1. The van der Waals surface area contributed by atoms with Crippen LogP contribution in [0.25, 0.3) is 0 Å². The van der Waals surface area contributed by atoms with Crippen molar-refractivity contribution in [2.24, 2.45) is 56.7 Å². The lowest BCUT2D eigenvalue weighted by Crippen LogP contribution is -2.69. The van der Waals surface area contributed by atoms with Gasteiger partial charge in [-0.05, 0) is 122 Å². The number of fused-ring (bicyclic) bond motifs is 7. The van der Waals surface area contributed by atoms with Gasteiger partial charge in [-0.15, -0.1) is 0 Å². The van der Waals surface area contributed by atoms with E-state index in [1.165, 1.54) is 57.8 Å². The summed E-state index contributed by atoms with van der Waals surface area (Å²) in [5.74, 6) is 2.78. The van der Waals surface area contributed by atoms with Gasteiger partial charge in [0.15, 0.2) is 0 Å². The number of hydrogen-bond donors (Lipinski definition) is 1. The van der Waals surface area contributed by atoms with Gasteiger partial charge < -0.3 is 9.84 Å². The second-order valence-corrected chi connectivity index (χ2v) is 16.1. The quantitative estimate of drug-likeness (QED) is 0.405. The molecule has 5 aliphatic rings. The van der Waals surface area contributed by atoms with E-state index in [1.54, 1.807) is 6.92 Å². The fourth-order valence-electron chi connectivity index (χ4n) is 12.6. The average molecular weight is 487 g/mol. The van der Waals surface area contributed by atoms with Crippen molar-refractivity contribution in [1.82, 2.24) is 0 Å². The topological polar surface area (TPSA) is 46.5 Å². The van der Waals surface area contributed by atoms with E-state index in [1.807, 2.05) is 13.8 Å². The Balaban J connectivity index is 1.57. The molecule has 0 heterocycles. The molecule has 0 spiro atoms. The van der Waals surface area contributed by atoms with Crippen LogP contribution in [-0.2, 0) is 9.53 Å². The molecule has 0 aromatic heterocycles. The largest absolute Gasteiger partial charge is 0.462 e. The van der Waals surface area contributed by atoms with Crippen molar-refractivity contribution in [3.8, 4) is 0 Å². The summed E-state index contributed by atoms with van der Waals surface area (Å²) in [5, 5.41) is 11.1. The van der Waals surface area contributed by atoms with Crippen molar-refractivity contribution in [2.75, 3.05) is 0 Å². The van der Waals surface area contributed by atoms with Crippen molar-refractivity contribution >= 4 is 5.97 Å². The summed E-state index contributed by atoms with van der Waals surface area (Å²) < 4.78 is 6.30. The zero-order valence-corrected chi connectivity index (χ0v) is 24.3. The van der Waals surface area contributed by atoms with E-state index < -0.39 is 5.60 Å². The average Bonchev–Trinajstić information content (AvgIpc) is 3.04. The number of carbonyl (C=O) groups is 1. The SMILES string of the molecule is CC(=O)OC1CC2(C)C(CCC3C4(C)CCC(C(C)(C)O)C4CCC32C)C2(C)CCCC(C)(C)C12. The van der Waals surface area contributed by atoms with Crippen LogP contribution in [0.5, 0.6) is 0 Å². The third-order valence-corrected chi connectivity index (χ3v) is 13.8. The van der Waals surface area contributed by atoms with E-state index in [0.29, 0.717) is 35.0 Å². The van der Waals surface area contributed by atoms with E-state index in [4.69, 9.17) is 4.74 Å². The van der Waals surface area contributed by atoms with E-state index in [9.17, 15) is 9.90 Å². The predicted octanol–water partition coefficient (Wildman–Crippen LogP) is 7.79. The van der Waals surface area contributed by atoms with Gasteiger partial charge in [0.25, 0.3) is 0 Å². The fourth-order valence-corrected chi connectivity index (χ4v) is 12.6. The zero-order chi connectivity index (χ0) is 25.8. The molecule has 0 radical (unpaired) electrons. The monoisotopic (exact) mass is 486 g/mol. The molecule has 3 heteroatoms. The molecule has 0 aromatic carbocycles. The smallest absolute Gasteiger partial charge is 0.302 e. The van der Waals surface area contributed by atoms with Crippen LogP contribution in [0.3, 0.4) is 0 Å². The molecule has 35 heavy (non-hydrogen) atoms. The molecule has 0 aliphatic heterocycles. The van der Waals surface area contributed by atoms with Crippen LogP contribution in [-0.4, -0.2) is 22.8 Å². The lowest BCUT2D eigenvalue weighted by molar-refractivity contribution is -0.271. The molecular formula is C32H54O3. The van der Waals surface area contributed by atoms with Gasteiger partial charge in [-0.2, -0.15) is 0 Å². The molecule has 0 bridgehead atoms. The van der Waals surface area contributed by atoms with Crippen LogP contribution in [0.4, 0.5) is 0 Å². The van der Waals surface area contributed by atoms with Crippen LogP contribution in [0, 0.1) is 56.7 Å². The van der Waals surface area contributed by atoms with Gasteiger partial charge >= 0.3 is 5.97 Å². The van der Waals surface area contributed by atoms with Gasteiger partial charge in [0.2, 0.25) is 0 Å². The molecule has 1 N–H and O–H groups in total. The number of rotatable bonds is 2. The van der Waals surface area contributed by atoms with E-state index >= 15 is 0 Å². The van der Waals surface area contributed by atoms with Gasteiger partial charge in [-0.1, -0.05) is 48.0 Å². The van der Waals surface area contributed by atoms with Crippen molar-refractivity contribution in [3.63, 3.8) is 0 Å². The first-order valence-electron chi connectivity index (χ1n) is 14.9. The van der Waals surface area contributed by atoms with Crippen LogP contribution >= 0.6 is 0 Å². The van der Waals surface area contributed by atoms with Gasteiger partial charge in [-0.25, -0.2) is 0 Å². The van der Waals surface area contributed by atoms with Crippen LogP contribution in [0.2, 0.25) is 0 Å². The zero-order valence-electron chi connectivity index (χ0n) is 24.3.